The van der Waals surface area contributed by atoms with E-state index in [1.54, 1.807) is 12.4 Å². The predicted molar refractivity (Wildman–Crippen MR) is 89.7 cm³/mol. The highest BCUT2D eigenvalue weighted by atomic mass is 16.5. The molecule has 24 heavy (non-hydrogen) atoms. The summed E-state index contributed by atoms with van der Waals surface area (Å²) in [6, 6.07) is 7.77. The van der Waals surface area contributed by atoms with E-state index in [0.29, 0.717) is 6.61 Å². The van der Waals surface area contributed by atoms with Gasteiger partial charge in [-0.1, -0.05) is 6.07 Å². The lowest BCUT2D eigenvalue weighted by atomic mass is 10.2. The molecule has 0 radical (unpaired) electrons. The average molecular weight is 324 g/mol. The van der Waals surface area contributed by atoms with Gasteiger partial charge in [-0.25, -0.2) is 9.67 Å². The fourth-order valence-electron chi connectivity index (χ4n) is 2.99. The number of ether oxygens (including phenoxy) is 2. The monoisotopic (exact) mass is 324 g/mol. The Labute approximate surface area is 140 Å². The van der Waals surface area contributed by atoms with Crippen molar-refractivity contribution in [2.24, 2.45) is 0 Å². The number of aromatic nitrogens is 4. The van der Waals surface area contributed by atoms with Crippen LogP contribution in [0.2, 0.25) is 0 Å². The molecule has 6 nitrogen and oxygen atoms in total. The fourth-order valence-corrected chi connectivity index (χ4v) is 2.99. The molecule has 4 rings (SSSR count). The molecule has 1 saturated heterocycles. The van der Waals surface area contributed by atoms with Gasteiger partial charge >= 0.3 is 0 Å². The molecule has 0 bridgehead atoms. The number of pyridine rings is 2. The van der Waals surface area contributed by atoms with Crippen LogP contribution < -0.4 is 4.74 Å². The summed E-state index contributed by atoms with van der Waals surface area (Å²) < 4.78 is 13.6. The summed E-state index contributed by atoms with van der Waals surface area (Å²) in [6.07, 6.45) is 6.76. The van der Waals surface area contributed by atoms with Gasteiger partial charge in [0.25, 0.3) is 0 Å². The van der Waals surface area contributed by atoms with E-state index in [2.05, 4.69) is 15.1 Å². The molecule has 0 aromatic carbocycles. The largest absolute Gasteiger partial charge is 0.486 e. The van der Waals surface area contributed by atoms with E-state index < -0.39 is 0 Å². The van der Waals surface area contributed by atoms with Crippen molar-refractivity contribution in [1.29, 1.82) is 0 Å². The van der Waals surface area contributed by atoms with Gasteiger partial charge < -0.3 is 9.47 Å². The van der Waals surface area contributed by atoms with Crippen LogP contribution in [0.4, 0.5) is 0 Å². The van der Waals surface area contributed by atoms with Gasteiger partial charge in [0.2, 0.25) is 0 Å². The molecular weight excluding hydrogens is 304 g/mol. The van der Waals surface area contributed by atoms with Gasteiger partial charge in [-0.15, -0.1) is 0 Å². The van der Waals surface area contributed by atoms with Crippen LogP contribution in [0, 0.1) is 6.92 Å². The average Bonchev–Trinajstić information content (AvgIpc) is 2.98. The van der Waals surface area contributed by atoms with Crippen LogP contribution in [-0.2, 0) is 11.3 Å². The van der Waals surface area contributed by atoms with Gasteiger partial charge in [0.15, 0.2) is 11.9 Å². The Hall–Kier alpha value is -2.47. The highest BCUT2D eigenvalue weighted by Crippen LogP contribution is 2.28. The lowest BCUT2D eigenvalue weighted by Gasteiger charge is -2.23. The number of hydrogen-bond donors (Lipinski definition) is 0. The Bertz CT molecular complexity index is 826. The molecule has 0 saturated carbocycles. The van der Waals surface area contributed by atoms with Crippen LogP contribution in [0.3, 0.4) is 0 Å². The maximum atomic E-state index is 5.84. The first-order chi connectivity index (χ1) is 11.8. The molecule has 1 fully saturated rings. The third-order valence-electron chi connectivity index (χ3n) is 4.25. The minimum atomic E-state index is -0.0114. The normalized spacial score (nSPS) is 18.0. The smallest absolute Gasteiger partial charge is 0.160 e. The topological polar surface area (TPSA) is 62.1 Å². The summed E-state index contributed by atoms with van der Waals surface area (Å²) in [5.41, 5.74) is 2.68. The third kappa shape index (κ3) is 2.97. The summed E-state index contributed by atoms with van der Waals surface area (Å²) in [5.74, 6) is 0.723. The zero-order chi connectivity index (χ0) is 16.4. The molecule has 6 heteroatoms. The second kappa shape index (κ2) is 6.57. The zero-order valence-electron chi connectivity index (χ0n) is 13.7. The highest BCUT2D eigenvalue weighted by molar-refractivity contribution is 5.79. The van der Waals surface area contributed by atoms with Crippen molar-refractivity contribution in [3.8, 4) is 5.75 Å². The van der Waals surface area contributed by atoms with Crippen LogP contribution in [0.5, 0.6) is 5.75 Å². The molecule has 3 aromatic rings. The lowest BCUT2D eigenvalue weighted by Crippen LogP contribution is -2.19. The Morgan fingerprint density at radius 3 is 3.04 bits per heavy atom. The van der Waals surface area contributed by atoms with Crippen molar-refractivity contribution < 1.29 is 9.47 Å². The molecule has 1 aliphatic rings. The van der Waals surface area contributed by atoms with Gasteiger partial charge in [0, 0.05) is 18.2 Å². The summed E-state index contributed by atoms with van der Waals surface area (Å²) in [7, 11) is 0. The highest BCUT2D eigenvalue weighted by Gasteiger charge is 2.21. The summed E-state index contributed by atoms with van der Waals surface area (Å²) in [5, 5.41) is 5.64. The maximum Gasteiger partial charge on any atom is 0.160 e. The molecule has 0 amide bonds. The van der Waals surface area contributed by atoms with E-state index in [9.17, 15) is 0 Å². The Morgan fingerprint density at radius 2 is 2.25 bits per heavy atom. The van der Waals surface area contributed by atoms with Crippen LogP contribution in [0.1, 0.15) is 36.9 Å². The van der Waals surface area contributed by atoms with Crippen molar-refractivity contribution in [3.63, 3.8) is 0 Å². The van der Waals surface area contributed by atoms with E-state index in [1.807, 2.05) is 35.9 Å². The first-order valence-electron chi connectivity index (χ1n) is 8.30. The van der Waals surface area contributed by atoms with E-state index in [-0.39, 0.29) is 6.23 Å². The molecule has 1 aliphatic heterocycles. The Kier molecular flexibility index (Phi) is 4.13. The maximum absolute atomic E-state index is 5.84. The fraction of sp³-hybridized carbons (Fsp3) is 0.389. The second-order valence-electron chi connectivity index (χ2n) is 6.00. The first kappa shape index (κ1) is 15.1. The van der Waals surface area contributed by atoms with Crippen molar-refractivity contribution in [1.82, 2.24) is 19.7 Å². The number of hydrogen-bond acceptors (Lipinski definition) is 5. The van der Waals surface area contributed by atoms with Crippen LogP contribution in [0.15, 0.2) is 36.7 Å². The molecule has 1 atom stereocenters. The number of rotatable bonds is 4. The van der Waals surface area contributed by atoms with Gasteiger partial charge in [-0.3, -0.25) is 4.98 Å². The van der Waals surface area contributed by atoms with Gasteiger partial charge in [0.1, 0.15) is 12.4 Å². The van der Waals surface area contributed by atoms with Crippen molar-refractivity contribution in [2.45, 2.75) is 39.0 Å². The van der Waals surface area contributed by atoms with Crippen LogP contribution in [0.25, 0.3) is 11.0 Å². The van der Waals surface area contributed by atoms with E-state index in [4.69, 9.17) is 9.47 Å². The summed E-state index contributed by atoms with van der Waals surface area (Å²) in [4.78, 5) is 8.83. The molecule has 4 heterocycles. The quantitative estimate of drug-likeness (QED) is 0.736. The minimum Gasteiger partial charge on any atom is -0.486 e. The SMILES string of the molecule is Cc1nn(C2CCCCO2)c2ncc(OCc3ccccn3)cc12. The molecule has 124 valence electrons. The third-order valence-corrected chi connectivity index (χ3v) is 4.25. The summed E-state index contributed by atoms with van der Waals surface area (Å²) in [6.45, 7) is 3.20. The molecule has 0 aliphatic carbocycles. The van der Waals surface area contributed by atoms with E-state index in [0.717, 1.165) is 54.0 Å². The standard InChI is InChI=1S/C18H20N4O2/c1-13-16-10-15(24-12-14-6-2-4-8-19-14)11-20-18(16)22(21-13)17-7-3-5-9-23-17/h2,4,6,8,10-11,17H,3,5,7,9,12H2,1H3. The summed E-state index contributed by atoms with van der Waals surface area (Å²) >= 11 is 0. The molecule has 0 N–H and O–H groups in total. The predicted octanol–water partition coefficient (Wildman–Crippen LogP) is 3.41. The zero-order valence-corrected chi connectivity index (χ0v) is 13.7. The van der Waals surface area contributed by atoms with Crippen LogP contribution >= 0.6 is 0 Å². The van der Waals surface area contributed by atoms with Crippen LogP contribution in [-0.4, -0.2) is 26.4 Å². The minimum absolute atomic E-state index is 0.0114. The number of nitrogens with zero attached hydrogens (tertiary/aromatic N) is 4. The van der Waals surface area contributed by atoms with Gasteiger partial charge in [0.05, 0.1) is 17.6 Å². The van der Waals surface area contributed by atoms with Crippen molar-refractivity contribution >= 4 is 11.0 Å². The lowest BCUT2D eigenvalue weighted by molar-refractivity contribution is -0.0371. The van der Waals surface area contributed by atoms with Crippen molar-refractivity contribution in [3.05, 3.63) is 48.0 Å². The van der Waals surface area contributed by atoms with E-state index in [1.165, 1.54) is 0 Å². The van der Waals surface area contributed by atoms with E-state index >= 15 is 0 Å². The molecule has 0 spiro atoms. The molecular formula is C18H20N4O2. The second-order valence-corrected chi connectivity index (χ2v) is 6.00. The van der Waals surface area contributed by atoms with Gasteiger partial charge in [-0.05, 0) is 44.4 Å². The Morgan fingerprint density at radius 1 is 1.29 bits per heavy atom. The number of fused-ring (bicyclic) bond motifs is 1. The molecule has 3 aromatic heterocycles. The first-order valence-corrected chi connectivity index (χ1v) is 8.30. The molecule has 1 unspecified atom stereocenters. The number of aryl methyl sites for hydroxylation is 1. The van der Waals surface area contributed by atoms with Gasteiger partial charge in [-0.2, -0.15) is 5.10 Å². The Balaban J connectivity index is 1.58. The van der Waals surface area contributed by atoms with Crippen molar-refractivity contribution in [2.75, 3.05) is 6.61 Å².